The zero-order valence-corrected chi connectivity index (χ0v) is 24.2. The Kier molecular flexibility index (Phi) is 12.2. The lowest BCUT2D eigenvalue weighted by molar-refractivity contribution is -0.140. The number of aryl methyl sites for hydroxylation is 1. The van der Waals surface area contributed by atoms with E-state index in [-0.39, 0.29) is 25.3 Å². The van der Waals surface area contributed by atoms with Gasteiger partial charge in [0.15, 0.2) is 0 Å². The molecule has 3 N–H and O–H groups in total. The number of hydrogen-bond donors (Lipinski definition) is 3. The molecular formula is C30H42BN3O7. The summed E-state index contributed by atoms with van der Waals surface area (Å²) in [5.74, 6) is -1.96. The molecule has 1 aliphatic rings. The van der Waals surface area contributed by atoms with Crippen LogP contribution in [0.3, 0.4) is 0 Å². The van der Waals surface area contributed by atoms with E-state index in [1.807, 2.05) is 60.7 Å². The largest absolute Gasteiger partial charge is 0.475 e. The highest BCUT2D eigenvalue weighted by molar-refractivity contribution is 6.43. The SMILES string of the molecule is CC(C)(C)OC(=O)N(Cc1ccccc1)[C@H](CC(=O)N1CCOCC1)C(=O)N[C@@H](CCCc1ccccc1)B(O)O. The number of ether oxygens (including phenoxy) is 2. The molecule has 1 saturated heterocycles. The highest BCUT2D eigenvalue weighted by Crippen LogP contribution is 2.19. The van der Waals surface area contributed by atoms with Crippen molar-refractivity contribution in [3.63, 3.8) is 0 Å². The zero-order valence-electron chi connectivity index (χ0n) is 24.2. The second kappa shape index (κ2) is 15.6. The standard InChI is InChI=1S/C30H42BN3O7/c1-30(2,3)41-29(37)34(22-24-13-8-5-9-14-24)25(21-27(35)33-17-19-40-20-18-33)28(36)32-26(31(38)39)16-10-15-23-11-6-4-7-12-23/h4-9,11-14,25-26,38-39H,10,15-22H2,1-3H3,(H,32,36)/t25-,26+/m1/s1. The third-order valence-corrected chi connectivity index (χ3v) is 6.75. The molecule has 1 fully saturated rings. The molecule has 1 heterocycles. The lowest BCUT2D eigenvalue weighted by Crippen LogP contribution is -2.57. The Labute approximate surface area is 242 Å². The Hall–Kier alpha value is -3.41. The number of benzene rings is 2. The van der Waals surface area contributed by atoms with Gasteiger partial charge < -0.3 is 29.7 Å². The van der Waals surface area contributed by atoms with E-state index in [2.05, 4.69) is 5.32 Å². The molecule has 10 nitrogen and oxygen atoms in total. The van der Waals surface area contributed by atoms with Gasteiger partial charge in [-0.3, -0.25) is 14.5 Å². The quantitative estimate of drug-likeness (QED) is 0.337. The Morgan fingerprint density at radius 2 is 1.59 bits per heavy atom. The van der Waals surface area contributed by atoms with Crippen molar-refractivity contribution in [3.8, 4) is 0 Å². The van der Waals surface area contributed by atoms with Gasteiger partial charge in [0.2, 0.25) is 11.8 Å². The van der Waals surface area contributed by atoms with Crippen molar-refractivity contribution in [2.45, 2.75) is 70.6 Å². The van der Waals surface area contributed by atoms with Gasteiger partial charge in [-0.25, -0.2) is 4.79 Å². The summed E-state index contributed by atoms with van der Waals surface area (Å²) in [6.45, 7) is 6.75. The van der Waals surface area contributed by atoms with Crippen LogP contribution in [0.5, 0.6) is 0 Å². The molecule has 3 amide bonds. The van der Waals surface area contributed by atoms with Crippen LogP contribution in [0.4, 0.5) is 4.79 Å². The number of nitrogens with zero attached hydrogens (tertiary/aromatic N) is 2. The maximum atomic E-state index is 13.8. The molecule has 0 aromatic heterocycles. The molecule has 1 aliphatic heterocycles. The van der Waals surface area contributed by atoms with E-state index in [4.69, 9.17) is 9.47 Å². The fourth-order valence-electron chi connectivity index (χ4n) is 4.60. The first-order chi connectivity index (χ1) is 19.5. The third kappa shape index (κ3) is 10.8. The van der Waals surface area contributed by atoms with Crippen LogP contribution in [-0.4, -0.2) is 88.8 Å². The summed E-state index contributed by atoms with van der Waals surface area (Å²) in [5.41, 5.74) is 0.997. The summed E-state index contributed by atoms with van der Waals surface area (Å²) in [7, 11) is -1.82. The Bertz CT molecular complexity index is 1110. The van der Waals surface area contributed by atoms with Gasteiger partial charge in [0.1, 0.15) is 11.6 Å². The fourth-order valence-corrected chi connectivity index (χ4v) is 4.60. The average Bonchev–Trinajstić information content (AvgIpc) is 2.94. The molecule has 222 valence electrons. The van der Waals surface area contributed by atoms with E-state index in [1.165, 1.54) is 4.90 Å². The highest BCUT2D eigenvalue weighted by atomic mass is 16.6. The molecule has 0 radical (unpaired) electrons. The van der Waals surface area contributed by atoms with E-state index in [0.29, 0.717) is 39.1 Å². The predicted molar refractivity (Wildman–Crippen MR) is 156 cm³/mol. The highest BCUT2D eigenvalue weighted by Gasteiger charge is 2.38. The first-order valence-electron chi connectivity index (χ1n) is 14.1. The predicted octanol–water partition coefficient (Wildman–Crippen LogP) is 2.56. The number of carbonyl (C=O) groups excluding carboxylic acids is 3. The Morgan fingerprint density at radius 1 is 1.00 bits per heavy atom. The molecule has 2 atom stereocenters. The minimum absolute atomic E-state index is 0.0184. The van der Waals surface area contributed by atoms with Gasteiger partial charge in [0.05, 0.1) is 25.6 Å². The van der Waals surface area contributed by atoms with Gasteiger partial charge in [0.25, 0.3) is 0 Å². The fraction of sp³-hybridized carbons (Fsp3) is 0.500. The minimum atomic E-state index is -1.82. The number of carbonyl (C=O) groups is 3. The van der Waals surface area contributed by atoms with Crippen molar-refractivity contribution < 1.29 is 33.9 Å². The van der Waals surface area contributed by atoms with E-state index in [0.717, 1.165) is 11.1 Å². The van der Waals surface area contributed by atoms with Crippen molar-refractivity contribution in [2.75, 3.05) is 26.3 Å². The van der Waals surface area contributed by atoms with Gasteiger partial charge in [-0.05, 0) is 51.2 Å². The Balaban J connectivity index is 1.85. The smallest absolute Gasteiger partial charge is 0.444 e. The summed E-state index contributed by atoms with van der Waals surface area (Å²) >= 11 is 0. The van der Waals surface area contributed by atoms with Crippen LogP contribution in [0.1, 0.15) is 51.2 Å². The van der Waals surface area contributed by atoms with E-state index >= 15 is 0 Å². The Morgan fingerprint density at radius 3 is 2.15 bits per heavy atom. The summed E-state index contributed by atoms with van der Waals surface area (Å²) in [6, 6.07) is 17.6. The van der Waals surface area contributed by atoms with Crippen molar-refractivity contribution in [2.24, 2.45) is 0 Å². The molecule has 0 spiro atoms. The van der Waals surface area contributed by atoms with Crippen LogP contribution in [0.15, 0.2) is 60.7 Å². The summed E-state index contributed by atoms with van der Waals surface area (Å²) in [4.78, 5) is 43.5. The van der Waals surface area contributed by atoms with Crippen LogP contribution in [0.25, 0.3) is 0 Å². The molecular weight excluding hydrogens is 525 g/mol. The second-order valence-electron chi connectivity index (χ2n) is 11.2. The van der Waals surface area contributed by atoms with E-state index < -0.39 is 36.7 Å². The third-order valence-electron chi connectivity index (χ3n) is 6.75. The van der Waals surface area contributed by atoms with Crippen molar-refractivity contribution >= 4 is 25.0 Å². The van der Waals surface area contributed by atoms with E-state index in [9.17, 15) is 24.4 Å². The zero-order chi connectivity index (χ0) is 29.8. The first kappa shape index (κ1) is 32.1. The van der Waals surface area contributed by atoms with Gasteiger partial charge in [-0.1, -0.05) is 60.7 Å². The molecule has 0 saturated carbocycles. The first-order valence-corrected chi connectivity index (χ1v) is 14.1. The van der Waals surface area contributed by atoms with Crippen LogP contribution in [0, 0.1) is 0 Å². The molecule has 2 aromatic carbocycles. The van der Waals surface area contributed by atoms with Crippen LogP contribution >= 0.6 is 0 Å². The maximum absolute atomic E-state index is 13.8. The molecule has 2 aromatic rings. The lowest BCUT2D eigenvalue weighted by Gasteiger charge is -2.35. The van der Waals surface area contributed by atoms with Gasteiger partial charge in [0, 0.05) is 19.6 Å². The van der Waals surface area contributed by atoms with Crippen LogP contribution < -0.4 is 5.32 Å². The van der Waals surface area contributed by atoms with Crippen LogP contribution in [-0.2, 0) is 32.0 Å². The van der Waals surface area contributed by atoms with Gasteiger partial charge in [-0.2, -0.15) is 0 Å². The normalized spacial score (nSPS) is 15.0. The lowest BCUT2D eigenvalue weighted by atomic mass is 9.76. The monoisotopic (exact) mass is 567 g/mol. The van der Waals surface area contributed by atoms with Gasteiger partial charge >= 0.3 is 13.2 Å². The number of hydrogen-bond acceptors (Lipinski definition) is 7. The summed E-state index contributed by atoms with van der Waals surface area (Å²) < 4.78 is 11.0. The van der Waals surface area contributed by atoms with Crippen molar-refractivity contribution in [3.05, 3.63) is 71.8 Å². The van der Waals surface area contributed by atoms with E-state index in [1.54, 1.807) is 25.7 Å². The van der Waals surface area contributed by atoms with Crippen molar-refractivity contribution in [1.29, 1.82) is 0 Å². The van der Waals surface area contributed by atoms with Crippen molar-refractivity contribution in [1.82, 2.24) is 15.1 Å². The molecule has 0 aliphatic carbocycles. The maximum Gasteiger partial charge on any atom is 0.475 e. The molecule has 11 heteroatoms. The van der Waals surface area contributed by atoms with Gasteiger partial charge in [-0.15, -0.1) is 0 Å². The number of nitrogens with one attached hydrogen (secondary N) is 1. The molecule has 3 rings (SSSR count). The topological polar surface area (TPSA) is 129 Å². The van der Waals surface area contributed by atoms with Crippen LogP contribution in [0.2, 0.25) is 0 Å². The molecule has 0 unspecified atom stereocenters. The average molecular weight is 567 g/mol. The second-order valence-corrected chi connectivity index (χ2v) is 11.2. The minimum Gasteiger partial charge on any atom is -0.444 e. The number of amides is 3. The number of morpholine rings is 1. The summed E-state index contributed by atoms with van der Waals surface area (Å²) in [5, 5.41) is 22.9. The summed E-state index contributed by atoms with van der Waals surface area (Å²) in [6.07, 6.45) is 0.520. The molecule has 0 bridgehead atoms. The molecule has 41 heavy (non-hydrogen) atoms. The number of rotatable bonds is 12.